The summed E-state index contributed by atoms with van der Waals surface area (Å²) in [5.74, 6) is -0.749. The molecule has 1 fully saturated rings. The number of ether oxygens (including phenoxy) is 1. The Bertz CT molecular complexity index is 762. The number of nitrogens with zero attached hydrogens (tertiary/aromatic N) is 1. The number of nitrogens with one attached hydrogen (secondary N) is 1. The van der Waals surface area contributed by atoms with E-state index in [1.54, 1.807) is 19.9 Å². The van der Waals surface area contributed by atoms with Crippen molar-refractivity contribution in [2.45, 2.75) is 64.3 Å². The van der Waals surface area contributed by atoms with E-state index in [9.17, 15) is 9.59 Å². The van der Waals surface area contributed by atoms with Gasteiger partial charge < -0.3 is 20.1 Å². The minimum Gasteiger partial charge on any atom is -0.493 e. The van der Waals surface area contributed by atoms with E-state index in [4.69, 9.17) is 9.84 Å². The first kappa shape index (κ1) is 24.9. The minimum atomic E-state index is -1.02. The number of rotatable bonds is 10. The zero-order valence-electron chi connectivity index (χ0n) is 19.4. The maximum Gasteiger partial charge on any atom is 0.326 e. The summed E-state index contributed by atoms with van der Waals surface area (Å²) in [7, 11) is 2.21. The first-order chi connectivity index (χ1) is 14.8. The summed E-state index contributed by atoms with van der Waals surface area (Å²) in [6.45, 7) is 8.48. The average Bonchev–Trinajstić information content (AvgIpc) is 2.93. The van der Waals surface area contributed by atoms with Crippen LogP contribution in [0.15, 0.2) is 36.4 Å². The van der Waals surface area contributed by atoms with Crippen molar-refractivity contribution in [1.29, 1.82) is 0 Å². The maximum atomic E-state index is 11.9. The molecular weight excluding hydrogens is 392 g/mol. The molecule has 0 spiro atoms. The molecule has 2 atom stereocenters. The predicted molar refractivity (Wildman–Crippen MR) is 123 cm³/mol. The van der Waals surface area contributed by atoms with Gasteiger partial charge in [-0.25, -0.2) is 4.79 Å². The first-order valence-electron chi connectivity index (χ1n) is 11.4. The van der Waals surface area contributed by atoms with Gasteiger partial charge in [-0.2, -0.15) is 0 Å². The number of carboxylic acid groups (broad SMARTS) is 1. The highest BCUT2D eigenvalue weighted by Crippen LogP contribution is 2.37. The summed E-state index contributed by atoms with van der Waals surface area (Å²) < 4.78 is 5.93. The molecule has 6 heteroatoms. The van der Waals surface area contributed by atoms with Crippen molar-refractivity contribution in [1.82, 2.24) is 10.2 Å². The average molecular weight is 431 g/mol. The summed E-state index contributed by atoms with van der Waals surface area (Å²) in [5.41, 5.74) is 1.50. The van der Waals surface area contributed by atoms with Crippen molar-refractivity contribution < 1.29 is 19.4 Å². The van der Waals surface area contributed by atoms with E-state index in [0.29, 0.717) is 13.0 Å². The second-order valence-corrected chi connectivity index (χ2v) is 8.96. The van der Waals surface area contributed by atoms with Crippen LogP contribution in [-0.4, -0.2) is 54.7 Å². The van der Waals surface area contributed by atoms with Crippen molar-refractivity contribution in [2.75, 3.05) is 26.7 Å². The molecule has 6 nitrogen and oxygen atoms in total. The second kappa shape index (κ2) is 11.9. The molecule has 1 heterocycles. The van der Waals surface area contributed by atoms with Gasteiger partial charge in [-0.3, -0.25) is 4.79 Å². The van der Waals surface area contributed by atoms with Gasteiger partial charge in [0.2, 0.25) is 5.91 Å². The molecular formula is C25H38N2O4. The van der Waals surface area contributed by atoms with Gasteiger partial charge in [0.1, 0.15) is 11.8 Å². The van der Waals surface area contributed by atoms with Crippen molar-refractivity contribution in [2.24, 2.45) is 5.92 Å². The van der Waals surface area contributed by atoms with Crippen LogP contribution in [-0.2, 0) is 15.0 Å². The molecule has 31 heavy (non-hydrogen) atoms. The molecule has 0 aliphatic carbocycles. The molecule has 1 aromatic carbocycles. The third-order valence-electron chi connectivity index (χ3n) is 6.19. The molecule has 0 saturated carbocycles. The zero-order valence-corrected chi connectivity index (χ0v) is 19.4. The number of hydrogen-bond donors (Lipinski definition) is 2. The number of aliphatic carboxylic acids is 1. The van der Waals surface area contributed by atoms with Gasteiger partial charge in [-0.1, -0.05) is 45.4 Å². The van der Waals surface area contributed by atoms with E-state index in [-0.39, 0.29) is 11.3 Å². The SMILES string of the molecule is CCC1(c2cccc(OCCC=CC(=O)NC(C(=O)O)C(C)C)c2)CCCCN(C)C1. The van der Waals surface area contributed by atoms with Crippen molar-refractivity contribution in [3.63, 3.8) is 0 Å². The molecule has 0 radical (unpaired) electrons. The Labute approximate surface area is 186 Å². The summed E-state index contributed by atoms with van der Waals surface area (Å²) in [6, 6.07) is 7.54. The van der Waals surface area contributed by atoms with Crippen molar-refractivity contribution in [3.8, 4) is 5.75 Å². The normalized spacial score (nSPS) is 21.1. The van der Waals surface area contributed by atoms with Gasteiger partial charge >= 0.3 is 5.97 Å². The largest absolute Gasteiger partial charge is 0.493 e. The molecule has 1 saturated heterocycles. The number of carboxylic acids is 1. The third kappa shape index (κ3) is 7.39. The number of carbonyl (C=O) groups is 2. The molecule has 1 aliphatic heterocycles. The van der Waals surface area contributed by atoms with E-state index >= 15 is 0 Å². The molecule has 1 aliphatic rings. The first-order valence-corrected chi connectivity index (χ1v) is 11.4. The lowest BCUT2D eigenvalue weighted by molar-refractivity contribution is -0.142. The lowest BCUT2D eigenvalue weighted by atomic mass is 9.74. The number of hydrogen-bond acceptors (Lipinski definition) is 4. The number of likely N-dealkylation sites (N-methyl/N-ethyl adjacent to an activating group) is 1. The fourth-order valence-corrected chi connectivity index (χ4v) is 4.31. The summed E-state index contributed by atoms with van der Waals surface area (Å²) in [4.78, 5) is 25.5. The van der Waals surface area contributed by atoms with Crippen LogP contribution in [0.2, 0.25) is 0 Å². The van der Waals surface area contributed by atoms with E-state index in [0.717, 1.165) is 25.3 Å². The quantitative estimate of drug-likeness (QED) is 0.433. The lowest BCUT2D eigenvalue weighted by Crippen LogP contribution is -2.43. The van der Waals surface area contributed by atoms with Crippen LogP contribution in [0.1, 0.15) is 58.4 Å². The van der Waals surface area contributed by atoms with E-state index in [1.807, 2.05) is 6.07 Å². The maximum absolute atomic E-state index is 11.9. The Kier molecular flexibility index (Phi) is 9.56. The highest BCUT2D eigenvalue weighted by atomic mass is 16.5. The Balaban J connectivity index is 1.90. The highest BCUT2D eigenvalue weighted by molar-refractivity contribution is 5.91. The Hall–Kier alpha value is -2.34. The van der Waals surface area contributed by atoms with Crippen molar-refractivity contribution >= 4 is 11.9 Å². The molecule has 1 amide bonds. The van der Waals surface area contributed by atoms with Crippen LogP contribution >= 0.6 is 0 Å². The van der Waals surface area contributed by atoms with Crippen LogP contribution < -0.4 is 10.1 Å². The minimum absolute atomic E-state index is 0.166. The fourth-order valence-electron chi connectivity index (χ4n) is 4.31. The number of amides is 1. The predicted octanol–water partition coefficient (Wildman–Crippen LogP) is 4.00. The van der Waals surface area contributed by atoms with Gasteiger partial charge in [0.05, 0.1) is 6.61 Å². The van der Waals surface area contributed by atoms with E-state index in [2.05, 4.69) is 42.4 Å². The number of likely N-dealkylation sites (tertiary alicyclic amines) is 1. The van der Waals surface area contributed by atoms with Gasteiger partial charge in [0.25, 0.3) is 0 Å². The molecule has 172 valence electrons. The van der Waals surface area contributed by atoms with Crippen LogP contribution in [0.3, 0.4) is 0 Å². The lowest BCUT2D eigenvalue weighted by Gasteiger charge is -2.35. The Morgan fingerprint density at radius 2 is 2.10 bits per heavy atom. The molecule has 0 bridgehead atoms. The van der Waals surface area contributed by atoms with E-state index < -0.39 is 17.9 Å². The van der Waals surface area contributed by atoms with Gasteiger partial charge in [-0.15, -0.1) is 0 Å². The van der Waals surface area contributed by atoms with E-state index in [1.165, 1.54) is 30.9 Å². The van der Waals surface area contributed by atoms with Crippen molar-refractivity contribution in [3.05, 3.63) is 42.0 Å². The second-order valence-electron chi connectivity index (χ2n) is 8.96. The van der Waals surface area contributed by atoms with Crippen LogP contribution in [0.25, 0.3) is 0 Å². The monoisotopic (exact) mass is 430 g/mol. The van der Waals surface area contributed by atoms with Crippen LogP contribution in [0.4, 0.5) is 0 Å². The molecule has 2 N–H and O–H groups in total. The Morgan fingerprint density at radius 3 is 2.77 bits per heavy atom. The number of benzene rings is 1. The van der Waals surface area contributed by atoms with Gasteiger partial charge in [-0.05, 0) is 69.0 Å². The fraction of sp³-hybridized carbons (Fsp3) is 0.600. The highest BCUT2D eigenvalue weighted by Gasteiger charge is 2.33. The molecule has 2 unspecified atom stereocenters. The van der Waals surface area contributed by atoms with Crippen LogP contribution in [0.5, 0.6) is 5.75 Å². The summed E-state index contributed by atoms with van der Waals surface area (Å²) in [6.07, 6.45) is 8.46. The Morgan fingerprint density at radius 1 is 1.32 bits per heavy atom. The molecule has 2 rings (SSSR count). The summed E-state index contributed by atoms with van der Waals surface area (Å²) in [5, 5.41) is 11.7. The topological polar surface area (TPSA) is 78.9 Å². The molecule has 1 aromatic rings. The zero-order chi connectivity index (χ0) is 22.9. The third-order valence-corrected chi connectivity index (χ3v) is 6.19. The smallest absolute Gasteiger partial charge is 0.326 e. The summed E-state index contributed by atoms with van der Waals surface area (Å²) >= 11 is 0. The van der Waals surface area contributed by atoms with Gasteiger partial charge in [0, 0.05) is 12.0 Å². The van der Waals surface area contributed by atoms with Crippen LogP contribution in [0, 0.1) is 5.92 Å². The standard InChI is InChI=1S/C25H38N2O4/c1-5-25(14-7-8-15-27(4)18-25)20-11-10-12-21(17-20)31-16-9-6-13-22(28)26-23(19(2)3)24(29)30/h6,10-13,17,19,23H,5,7-9,14-16,18H2,1-4H3,(H,26,28)(H,29,30). The molecule has 0 aromatic heterocycles. The van der Waals surface area contributed by atoms with Gasteiger partial charge in [0.15, 0.2) is 0 Å². The number of carbonyl (C=O) groups excluding carboxylic acids is 1.